The Balaban J connectivity index is 1.89. The summed E-state index contributed by atoms with van der Waals surface area (Å²) in [6.45, 7) is 3.27. The summed E-state index contributed by atoms with van der Waals surface area (Å²) in [5, 5.41) is 10.2. The van der Waals surface area contributed by atoms with Crippen LogP contribution in [-0.2, 0) is 4.74 Å². The molecule has 3 nitrogen and oxygen atoms in total. The Morgan fingerprint density at radius 1 is 1.53 bits per heavy atom. The van der Waals surface area contributed by atoms with E-state index >= 15 is 0 Å². The molecule has 1 fully saturated rings. The molecule has 2 atom stereocenters. The first kappa shape index (κ1) is 14.4. The van der Waals surface area contributed by atoms with Crippen molar-refractivity contribution in [1.82, 2.24) is 4.90 Å². The molecule has 1 saturated heterocycles. The fourth-order valence-electron chi connectivity index (χ4n) is 2.75. The van der Waals surface area contributed by atoms with Gasteiger partial charge in [0.05, 0.1) is 12.7 Å². The fraction of sp³-hybridized carbons (Fsp3) is 0.600. The summed E-state index contributed by atoms with van der Waals surface area (Å²) in [5.74, 6) is 0.242. The topological polar surface area (TPSA) is 32.7 Å². The van der Waals surface area contributed by atoms with Crippen LogP contribution in [0.25, 0.3) is 0 Å². The van der Waals surface area contributed by atoms with Gasteiger partial charge in [-0.05, 0) is 43.0 Å². The molecule has 0 aromatic heterocycles. The molecule has 106 valence electrons. The van der Waals surface area contributed by atoms with Gasteiger partial charge in [0.15, 0.2) is 0 Å². The van der Waals surface area contributed by atoms with Crippen molar-refractivity contribution in [3.8, 4) is 0 Å². The van der Waals surface area contributed by atoms with Gasteiger partial charge in [0.2, 0.25) is 0 Å². The Hall–Kier alpha value is -0.970. The third-order valence-electron chi connectivity index (χ3n) is 3.67. The van der Waals surface area contributed by atoms with Crippen molar-refractivity contribution in [1.29, 1.82) is 0 Å². The minimum absolute atomic E-state index is 0.299. The standard InChI is InChI=1S/C15H22FNO2/c1-19-11-12-4-3-7-17(9-12)10-15(18)13-5-2-6-14(16)8-13/h2,5-6,8,12,15,18H,3-4,7,9-11H2,1H3/t12-,15-/m0/s1. The highest BCUT2D eigenvalue weighted by atomic mass is 19.1. The molecular weight excluding hydrogens is 245 g/mol. The van der Waals surface area contributed by atoms with Gasteiger partial charge in [0.25, 0.3) is 0 Å². The maximum absolute atomic E-state index is 13.1. The fourth-order valence-corrected chi connectivity index (χ4v) is 2.75. The second-order valence-corrected chi connectivity index (χ2v) is 5.29. The van der Waals surface area contributed by atoms with Gasteiger partial charge in [-0.1, -0.05) is 12.1 Å². The normalized spacial score (nSPS) is 22.4. The summed E-state index contributed by atoms with van der Waals surface area (Å²) in [7, 11) is 1.72. The van der Waals surface area contributed by atoms with Crippen LogP contribution in [0.15, 0.2) is 24.3 Å². The Kier molecular flexibility index (Phi) is 5.31. The van der Waals surface area contributed by atoms with Crippen molar-refractivity contribution in [3.63, 3.8) is 0 Å². The smallest absolute Gasteiger partial charge is 0.123 e. The molecule has 0 spiro atoms. The zero-order valence-electron chi connectivity index (χ0n) is 11.4. The second kappa shape index (κ2) is 6.98. The molecule has 19 heavy (non-hydrogen) atoms. The van der Waals surface area contributed by atoms with Gasteiger partial charge < -0.3 is 14.7 Å². The molecule has 1 aromatic carbocycles. The van der Waals surface area contributed by atoms with Crippen molar-refractivity contribution < 1.29 is 14.2 Å². The number of aliphatic hydroxyl groups excluding tert-OH is 1. The first-order chi connectivity index (χ1) is 9.19. The van der Waals surface area contributed by atoms with E-state index < -0.39 is 6.10 Å². The van der Waals surface area contributed by atoms with Crippen molar-refractivity contribution in [2.75, 3.05) is 33.4 Å². The Morgan fingerprint density at radius 3 is 3.11 bits per heavy atom. The van der Waals surface area contributed by atoms with Crippen LogP contribution < -0.4 is 0 Å². The molecule has 0 unspecified atom stereocenters. The Bertz CT molecular complexity index is 397. The lowest BCUT2D eigenvalue weighted by molar-refractivity contribution is 0.0562. The van der Waals surface area contributed by atoms with Crippen molar-refractivity contribution in [3.05, 3.63) is 35.6 Å². The third kappa shape index (κ3) is 4.27. The van der Waals surface area contributed by atoms with Crippen LogP contribution in [-0.4, -0.2) is 43.4 Å². The van der Waals surface area contributed by atoms with Crippen LogP contribution in [0.1, 0.15) is 24.5 Å². The molecule has 1 aliphatic rings. The van der Waals surface area contributed by atoms with Crippen LogP contribution in [0.5, 0.6) is 0 Å². The highest BCUT2D eigenvalue weighted by Gasteiger charge is 2.22. The van der Waals surface area contributed by atoms with E-state index in [1.165, 1.54) is 18.6 Å². The van der Waals surface area contributed by atoms with E-state index in [4.69, 9.17) is 4.74 Å². The molecule has 0 aliphatic carbocycles. The van der Waals surface area contributed by atoms with E-state index in [2.05, 4.69) is 4.90 Å². The summed E-state index contributed by atoms with van der Waals surface area (Å²) in [6.07, 6.45) is 1.68. The minimum Gasteiger partial charge on any atom is -0.387 e. The monoisotopic (exact) mass is 267 g/mol. The summed E-state index contributed by atoms with van der Waals surface area (Å²) in [5.41, 5.74) is 0.647. The average molecular weight is 267 g/mol. The quantitative estimate of drug-likeness (QED) is 0.888. The van der Waals surface area contributed by atoms with E-state index in [0.717, 1.165) is 26.1 Å². The number of hydrogen-bond acceptors (Lipinski definition) is 3. The van der Waals surface area contributed by atoms with Crippen molar-refractivity contribution in [2.24, 2.45) is 5.92 Å². The van der Waals surface area contributed by atoms with Gasteiger partial charge in [-0.25, -0.2) is 4.39 Å². The number of hydrogen-bond donors (Lipinski definition) is 1. The minimum atomic E-state index is -0.628. The molecule has 2 rings (SSSR count). The molecule has 1 N–H and O–H groups in total. The number of likely N-dealkylation sites (tertiary alicyclic amines) is 1. The molecule has 4 heteroatoms. The number of benzene rings is 1. The molecule has 0 bridgehead atoms. The summed E-state index contributed by atoms with van der Waals surface area (Å²) in [4.78, 5) is 2.24. The van der Waals surface area contributed by atoms with Crippen molar-refractivity contribution >= 4 is 0 Å². The highest BCUT2D eigenvalue weighted by Crippen LogP contribution is 2.21. The summed E-state index contributed by atoms with van der Waals surface area (Å²) < 4.78 is 18.3. The summed E-state index contributed by atoms with van der Waals surface area (Å²) in [6, 6.07) is 6.20. The predicted octanol–water partition coefficient (Wildman–Crippen LogP) is 2.22. The number of ether oxygens (including phenoxy) is 1. The molecule has 1 heterocycles. The van der Waals surface area contributed by atoms with Crippen LogP contribution in [0.2, 0.25) is 0 Å². The molecule has 1 aromatic rings. The van der Waals surface area contributed by atoms with Gasteiger partial charge >= 0.3 is 0 Å². The van der Waals surface area contributed by atoms with Gasteiger partial charge in [-0.3, -0.25) is 0 Å². The van der Waals surface area contributed by atoms with E-state index in [-0.39, 0.29) is 5.82 Å². The SMILES string of the molecule is COC[C@H]1CCCN(C[C@H](O)c2cccc(F)c2)C1. The predicted molar refractivity (Wildman–Crippen MR) is 72.4 cm³/mol. The number of β-amino-alcohol motifs (C(OH)–C–C–N with tert-alkyl or cyclic N) is 1. The van der Waals surface area contributed by atoms with E-state index in [1.807, 2.05) is 0 Å². The number of halogens is 1. The van der Waals surface area contributed by atoms with Gasteiger partial charge in [0.1, 0.15) is 5.82 Å². The maximum Gasteiger partial charge on any atom is 0.123 e. The molecule has 0 amide bonds. The van der Waals surface area contributed by atoms with Gasteiger partial charge in [-0.2, -0.15) is 0 Å². The zero-order chi connectivity index (χ0) is 13.7. The average Bonchev–Trinajstić information content (AvgIpc) is 2.39. The lowest BCUT2D eigenvalue weighted by atomic mass is 9.98. The van der Waals surface area contributed by atoms with E-state index in [9.17, 15) is 9.50 Å². The van der Waals surface area contributed by atoms with Crippen LogP contribution in [0.4, 0.5) is 4.39 Å². The molecule has 0 saturated carbocycles. The third-order valence-corrected chi connectivity index (χ3v) is 3.67. The number of methoxy groups -OCH3 is 1. The lowest BCUT2D eigenvalue weighted by Crippen LogP contribution is -2.39. The Morgan fingerprint density at radius 2 is 2.37 bits per heavy atom. The second-order valence-electron chi connectivity index (χ2n) is 5.29. The van der Waals surface area contributed by atoms with Crippen LogP contribution in [0, 0.1) is 11.7 Å². The number of nitrogens with zero attached hydrogens (tertiary/aromatic N) is 1. The first-order valence-corrected chi connectivity index (χ1v) is 6.84. The Labute approximate surface area is 114 Å². The number of aliphatic hydroxyl groups is 1. The maximum atomic E-state index is 13.1. The molecule has 0 radical (unpaired) electrons. The van der Waals surface area contributed by atoms with E-state index in [0.29, 0.717) is 18.0 Å². The number of rotatable bonds is 5. The highest BCUT2D eigenvalue weighted by molar-refractivity contribution is 5.19. The summed E-state index contributed by atoms with van der Waals surface area (Å²) >= 11 is 0. The first-order valence-electron chi connectivity index (χ1n) is 6.84. The molecular formula is C15H22FNO2. The molecule has 1 aliphatic heterocycles. The van der Waals surface area contributed by atoms with E-state index in [1.54, 1.807) is 19.2 Å². The van der Waals surface area contributed by atoms with Crippen LogP contribution >= 0.6 is 0 Å². The largest absolute Gasteiger partial charge is 0.387 e. The zero-order valence-corrected chi connectivity index (χ0v) is 11.4. The van der Waals surface area contributed by atoms with Gasteiger partial charge in [-0.15, -0.1) is 0 Å². The van der Waals surface area contributed by atoms with Crippen LogP contribution in [0.3, 0.4) is 0 Å². The van der Waals surface area contributed by atoms with Gasteiger partial charge in [0, 0.05) is 20.2 Å². The van der Waals surface area contributed by atoms with Crippen molar-refractivity contribution in [2.45, 2.75) is 18.9 Å². The number of piperidine rings is 1. The lowest BCUT2D eigenvalue weighted by Gasteiger charge is -2.33.